The van der Waals surface area contributed by atoms with E-state index < -0.39 is 11.6 Å². The van der Waals surface area contributed by atoms with Gasteiger partial charge in [-0.3, -0.25) is 0 Å². The van der Waals surface area contributed by atoms with Crippen LogP contribution in [0.3, 0.4) is 0 Å². The summed E-state index contributed by atoms with van der Waals surface area (Å²) in [7, 11) is 0. The summed E-state index contributed by atoms with van der Waals surface area (Å²) in [5.74, 6) is -0.890. The number of nitrogens with zero attached hydrogens (tertiary/aromatic N) is 1. The normalized spacial score (nSPS) is 20.1. The molecule has 1 heterocycles. The Morgan fingerprint density at radius 1 is 1.32 bits per heavy atom. The van der Waals surface area contributed by atoms with Gasteiger partial charge in [-0.25, -0.2) is 8.78 Å². The topological polar surface area (TPSA) is 15.3 Å². The number of aryl methyl sites for hydroxylation is 1. The minimum Gasteiger partial charge on any atom is -0.365 e. The lowest BCUT2D eigenvalue weighted by Gasteiger charge is -2.36. The molecule has 1 N–H and O–H groups in total. The molecular weight excluding hydrogens is 246 g/mol. The van der Waals surface area contributed by atoms with Gasteiger partial charge in [0.1, 0.15) is 11.5 Å². The molecule has 1 aromatic rings. The largest absolute Gasteiger partial charge is 0.365 e. The molecule has 1 fully saturated rings. The van der Waals surface area contributed by atoms with E-state index in [1.54, 1.807) is 6.92 Å². The van der Waals surface area contributed by atoms with Gasteiger partial charge < -0.3 is 10.2 Å². The zero-order valence-corrected chi connectivity index (χ0v) is 11.8. The summed E-state index contributed by atoms with van der Waals surface area (Å²) in [6.07, 6.45) is 2.01. The summed E-state index contributed by atoms with van der Waals surface area (Å²) in [6, 6.07) is 3.53. The van der Waals surface area contributed by atoms with E-state index in [0.717, 1.165) is 12.8 Å². The summed E-state index contributed by atoms with van der Waals surface area (Å²) in [5.41, 5.74) is 0.630. The van der Waals surface area contributed by atoms with Crippen LogP contribution in [0.25, 0.3) is 0 Å². The van der Waals surface area contributed by atoms with Gasteiger partial charge in [-0.05, 0) is 31.4 Å². The van der Waals surface area contributed by atoms with Crippen molar-refractivity contribution in [3.8, 4) is 0 Å². The van der Waals surface area contributed by atoms with E-state index in [2.05, 4.69) is 19.2 Å². The first-order valence-corrected chi connectivity index (χ1v) is 6.94. The van der Waals surface area contributed by atoms with E-state index in [1.807, 2.05) is 4.90 Å². The van der Waals surface area contributed by atoms with Crippen LogP contribution >= 0.6 is 0 Å². The Kier molecular flexibility index (Phi) is 4.40. The first-order valence-electron chi connectivity index (χ1n) is 6.94. The van der Waals surface area contributed by atoms with Crippen molar-refractivity contribution in [3.05, 3.63) is 29.3 Å². The standard InChI is InChI=1S/C15H22F2N2/c1-10(2)18-12-5-4-8-19(9-12)15-13(16)7-6-11(3)14(15)17/h6-7,10,12,18H,4-5,8-9H2,1-3H3. The fourth-order valence-electron chi connectivity index (χ4n) is 2.72. The fraction of sp³-hybridized carbons (Fsp3) is 0.600. The molecule has 1 saturated heterocycles. The highest BCUT2D eigenvalue weighted by atomic mass is 19.1. The molecule has 2 nitrogen and oxygen atoms in total. The molecule has 2 rings (SSSR count). The van der Waals surface area contributed by atoms with Crippen molar-refractivity contribution >= 4 is 5.69 Å². The fourth-order valence-corrected chi connectivity index (χ4v) is 2.72. The van der Waals surface area contributed by atoms with Gasteiger partial charge in [0.25, 0.3) is 0 Å². The molecule has 0 spiro atoms. The predicted octanol–water partition coefficient (Wildman–Crippen LogP) is 3.24. The van der Waals surface area contributed by atoms with Crippen molar-refractivity contribution < 1.29 is 8.78 Å². The molecule has 0 bridgehead atoms. The van der Waals surface area contributed by atoms with Crippen LogP contribution in [0.2, 0.25) is 0 Å². The first-order chi connectivity index (χ1) is 8.99. The van der Waals surface area contributed by atoms with Crippen LogP contribution in [0.15, 0.2) is 12.1 Å². The molecule has 1 aliphatic heterocycles. The Hall–Kier alpha value is -1.16. The molecule has 0 saturated carbocycles. The average molecular weight is 268 g/mol. The van der Waals surface area contributed by atoms with Crippen molar-refractivity contribution in [2.24, 2.45) is 0 Å². The zero-order valence-electron chi connectivity index (χ0n) is 11.8. The van der Waals surface area contributed by atoms with Gasteiger partial charge in [-0.15, -0.1) is 0 Å². The third kappa shape index (κ3) is 3.24. The lowest BCUT2D eigenvalue weighted by Crippen LogP contribution is -2.48. The average Bonchev–Trinajstić information content (AvgIpc) is 2.34. The summed E-state index contributed by atoms with van der Waals surface area (Å²) in [5, 5.41) is 3.45. The maximum absolute atomic E-state index is 14.1. The number of anilines is 1. The number of nitrogens with one attached hydrogen (secondary N) is 1. The zero-order chi connectivity index (χ0) is 14.0. The van der Waals surface area contributed by atoms with E-state index in [1.165, 1.54) is 12.1 Å². The van der Waals surface area contributed by atoms with Gasteiger partial charge in [-0.2, -0.15) is 0 Å². The van der Waals surface area contributed by atoms with E-state index in [0.29, 0.717) is 30.7 Å². The Morgan fingerprint density at radius 3 is 2.74 bits per heavy atom. The van der Waals surface area contributed by atoms with Crippen molar-refractivity contribution in [2.45, 2.75) is 45.7 Å². The number of piperidine rings is 1. The summed E-state index contributed by atoms with van der Waals surface area (Å²) >= 11 is 0. The molecule has 0 radical (unpaired) electrons. The molecule has 1 atom stereocenters. The molecule has 1 aromatic carbocycles. The Balaban J connectivity index is 2.20. The van der Waals surface area contributed by atoms with Crippen molar-refractivity contribution in [1.29, 1.82) is 0 Å². The number of hydrogen-bond donors (Lipinski definition) is 1. The minimum atomic E-state index is -0.465. The van der Waals surface area contributed by atoms with E-state index >= 15 is 0 Å². The maximum Gasteiger partial charge on any atom is 0.152 e. The number of halogens is 2. The van der Waals surface area contributed by atoms with Crippen LogP contribution in [0.5, 0.6) is 0 Å². The molecule has 0 amide bonds. The Bertz CT molecular complexity index is 446. The van der Waals surface area contributed by atoms with Crippen LogP contribution in [-0.4, -0.2) is 25.2 Å². The van der Waals surface area contributed by atoms with Gasteiger partial charge in [0.05, 0.1) is 0 Å². The Morgan fingerprint density at radius 2 is 2.05 bits per heavy atom. The third-order valence-electron chi connectivity index (χ3n) is 3.57. The minimum absolute atomic E-state index is 0.134. The molecule has 1 aliphatic rings. The highest BCUT2D eigenvalue weighted by Crippen LogP contribution is 2.28. The summed E-state index contributed by atoms with van der Waals surface area (Å²) < 4.78 is 28.0. The summed E-state index contributed by atoms with van der Waals surface area (Å²) in [6.45, 7) is 7.23. The van der Waals surface area contributed by atoms with Gasteiger partial charge in [0, 0.05) is 25.2 Å². The molecule has 1 unspecified atom stereocenters. The monoisotopic (exact) mass is 268 g/mol. The van der Waals surface area contributed by atoms with Crippen LogP contribution in [-0.2, 0) is 0 Å². The molecular formula is C15H22F2N2. The van der Waals surface area contributed by atoms with Gasteiger partial charge in [-0.1, -0.05) is 19.9 Å². The van der Waals surface area contributed by atoms with Gasteiger partial charge in [0.2, 0.25) is 0 Å². The second-order valence-electron chi connectivity index (χ2n) is 5.63. The lowest BCUT2D eigenvalue weighted by atomic mass is 10.0. The molecule has 19 heavy (non-hydrogen) atoms. The molecule has 4 heteroatoms. The predicted molar refractivity (Wildman–Crippen MR) is 74.6 cm³/mol. The summed E-state index contributed by atoms with van der Waals surface area (Å²) in [4.78, 5) is 1.83. The van der Waals surface area contributed by atoms with E-state index in [-0.39, 0.29) is 5.69 Å². The van der Waals surface area contributed by atoms with Crippen molar-refractivity contribution in [2.75, 3.05) is 18.0 Å². The lowest BCUT2D eigenvalue weighted by molar-refractivity contribution is 0.390. The second kappa shape index (κ2) is 5.87. The van der Waals surface area contributed by atoms with Crippen LogP contribution in [0.1, 0.15) is 32.3 Å². The number of hydrogen-bond acceptors (Lipinski definition) is 2. The molecule has 0 aliphatic carbocycles. The van der Waals surface area contributed by atoms with Gasteiger partial charge in [0.15, 0.2) is 5.82 Å². The number of rotatable bonds is 3. The van der Waals surface area contributed by atoms with Crippen LogP contribution in [0.4, 0.5) is 14.5 Å². The smallest absolute Gasteiger partial charge is 0.152 e. The maximum atomic E-state index is 14.1. The first kappa shape index (κ1) is 14.3. The van der Waals surface area contributed by atoms with E-state index in [9.17, 15) is 8.78 Å². The van der Waals surface area contributed by atoms with E-state index in [4.69, 9.17) is 0 Å². The van der Waals surface area contributed by atoms with Crippen LogP contribution < -0.4 is 10.2 Å². The number of benzene rings is 1. The highest BCUT2D eigenvalue weighted by Gasteiger charge is 2.25. The second-order valence-corrected chi connectivity index (χ2v) is 5.63. The SMILES string of the molecule is Cc1ccc(F)c(N2CCCC(NC(C)C)C2)c1F. The Labute approximate surface area is 113 Å². The third-order valence-corrected chi connectivity index (χ3v) is 3.57. The quantitative estimate of drug-likeness (QED) is 0.905. The van der Waals surface area contributed by atoms with Crippen molar-refractivity contribution in [3.63, 3.8) is 0 Å². The van der Waals surface area contributed by atoms with Crippen LogP contribution in [0, 0.1) is 18.6 Å². The van der Waals surface area contributed by atoms with Crippen molar-refractivity contribution in [1.82, 2.24) is 5.32 Å². The molecule has 0 aromatic heterocycles. The van der Waals surface area contributed by atoms with Gasteiger partial charge >= 0.3 is 0 Å². The highest BCUT2D eigenvalue weighted by molar-refractivity contribution is 5.52. The molecule has 106 valence electrons.